The highest BCUT2D eigenvalue weighted by Crippen LogP contribution is 2.16. The van der Waals surface area contributed by atoms with Crippen LogP contribution in [0.1, 0.15) is 23.0 Å². The minimum absolute atomic E-state index is 0.320. The number of rotatable bonds is 2. The zero-order valence-electron chi connectivity index (χ0n) is 9.98. The molecule has 0 aliphatic heterocycles. The third kappa shape index (κ3) is 7.09. The first-order chi connectivity index (χ1) is 7.88. The van der Waals surface area contributed by atoms with Crippen LogP contribution in [0, 0.1) is 6.92 Å². The van der Waals surface area contributed by atoms with Crippen LogP contribution in [0.4, 0.5) is 0 Å². The van der Waals surface area contributed by atoms with Crippen molar-refractivity contribution in [2.75, 3.05) is 6.61 Å². The zero-order valence-corrected chi connectivity index (χ0v) is 11.6. The van der Waals surface area contributed by atoms with E-state index in [-0.39, 0.29) is 5.97 Å². The molecule has 0 fully saturated rings. The highest BCUT2D eigenvalue weighted by Gasteiger charge is 2.10. The van der Waals surface area contributed by atoms with Crippen LogP contribution in [0.15, 0.2) is 16.7 Å². The maximum absolute atomic E-state index is 11.3. The van der Waals surface area contributed by atoms with Gasteiger partial charge in [0, 0.05) is 11.9 Å². The van der Waals surface area contributed by atoms with Gasteiger partial charge in [-0.05, 0) is 42.7 Å². The predicted molar refractivity (Wildman–Crippen MR) is 68.7 cm³/mol. The van der Waals surface area contributed by atoms with Crippen molar-refractivity contribution in [3.8, 4) is 0 Å². The summed E-state index contributed by atoms with van der Waals surface area (Å²) in [6.45, 7) is 5.27. The molecule has 0 saturated carbocycles. The summed E-state index contributed by atoms with van der Waals surface area (Å²) in [6.07, 6.45) is 1.60. The maximum Gasteiger partial charge on any atom is 0.448 e. The lowest BCUT2D eigenvalue weighted by Crippen LogP contribution is -2.06. The van der Waals surface area contributed by atoms with Crippen molar-refractivity contribution in [3.63, 3.8) is 0 Å². The van der Waals surface area contributed by atoms with Crippen molar-refractivity contribution < 1.29 is 19.6 Å². The molecule has 1 heterocycles. The lowest BCUT2D eigenvalue weighted by atomic mass is 9.99. The van der Waals surface area contributed by atoms with Gasteiger partial charge in [-0.3, -0.25) is 4.98 Å². The topological polar surface area (TPSA) is 79.6 Å². The summed E-state index contributed by atoms with van der Waals surface area (Å²) < 4.78 is 5.53. The SMILES string of the molecule is CB(O)O.CCOC(=O)c1cc(C)ncc1Br. The van der Waals surface area contributed by atoms with Crippen LogP contribution < -0.4 is 0 Å². The van der Waals surface area contributed by atoms with Crippen molar-refractivity contribution in [2.45, 2.75) is 20.7 Å². The molecule has 1 aromatic heterocycles. The van der Waals surface area contributed by atoms with E-state index in [1.165, 1.54) is 6.82 Å². The zero-order chi connectivity index (χ0) is 13.4. The van der Waals surface area contributed by atoms with E-state index in [0.29, 0.717) is 16.6 Å². The lowest BCUT2D eigenvalue weighted by molar-refractivity contribution is 0.0525. The van der Waals surface area contributed by atoms with Gasteiger partial charge < -0.3 is 14.8 Å². The van der Waals surface area contributed by atoms with Crippen molar-refractivity contribution in [1.82, 2.24) is 4.98 Å². The summed E-state index contributed by atoms with van der Waals surface area (Å²) in [7, 11) is -1.17. The van der Waals surface area contributed by atoms with Crippen LogP contribution >= 0.6 is 15.9 Å². The molecule has 0 amide bonds. The molecule has 0 aromatic carbocycles. The molecule has 1 aromatic rings. The Balaban J connectivity index is 0.000000557. The average molecular weight is 304 g/mol. The molecular formula is C10H15BBrNO4. The summed E-state index contributed by atoms with van der Waals surface area (Å²) in [5.41, 5.74) is 1.32. The van der Waals surface area contributed by atoms with Gasteiger partial charge in [-0.25, -0.2) is 4.79 Å². The van der Waals surface area contributed by atoms with Crippen LogP contribution in [0.25, 0.3) is 0 Å². The van der Waals surface area contributed by atoms with Crippen molar-refractivity contribution in [1.29, 1.82) is 0 Å². The van der Waals surface area contributed by atoms with E-state index in [1.54, 1.807) is 19.2 Å². The van der Waals surface area contributed by atoms with E-state index in [9.17, 15) is 4.79 Å². The number of hydrogen-bond acceptors (Lipinski definition) is 5. The Morgan fingerprint density at radius 2 is 2.12 bits per heavy atom. The minimum atomic E-state index is -1.17. The van der Waals surface area contributed by atoms with Gasteiger partial charge in [0.1, 0.15) is 0 Å². The van der Waals surface area contributed by atoms with Gasteiger partial charge in [-0.2, -0.15) is 0 Å². The molecule has 0 aliphatic rings. The van der Waals surface area contributed by atoms with Gasteiger partial charge in [-0.1, -0.05) is 0 Å². The Morgan fingerprint density at radius 1 is 1.59 bits per heavy atom. The van der Waals surface area contributed by atoms with Gasteiger partial charge in [0.2, 0.25) is 0 Å². The molecule has 0 aliphatic carbocycles. The monoisotopic (exact) mass is 303 g/mol. The van der Waals surface area contributed by atoms with Crippen LogP contribution in [0.3, 0.4) is 0 Å². The fourth-order valence-electron chi connectivity index (χ4n) is 0.908. The number of nitrogens with zero attached hydrogens (tertiary/aromatic N) is 1. The third-order valence-electron chi connectivity index (χ3n) is 1.49. The van der Waals surface area contributed by atoms with E-state index in [4.69, 9.17) is 14.8 Å². The van der Waals surface area contributed by atoms with E-state index in [1.807, 2.05) is 6.92 Å². The number of carbonyl (C=O) groups is 1. The second-order valence-corrected chi connectivity index (χ2v) is 4.01. The molecule has 5 nitrogen and oxygen atoms in total. The number of halogens is 1. The lowest BCUT2D eigenvalue weighted by Gasteiger charge is -2.03. The summed E-state index contributed by atoms with van der Waals surface area (Å²) in [5.74, 6) is -0.320. The fourth-order valence-corrected chi connectivity index (χ4v) is 1.29. The number of aryl methyl sites for hydroxylation is 1. The van der Waals surface area contributed by atoms with Crippen LogP contribution in [-0.4, -0.2) is 34.7 Å². The van der Waals surface area contributed by atoms with Gasteiger partial charge >= 0.3 is 13.1 Å². The Kier molecular flexibility index (Phi) is 7.77. The van der Waals surface area contributed by atoms with Crippen LogP contribution in [0.5, 0.6) is 0 Å². The van der Waals surface area contributed by atoms with Crippen molar-refractivity contribution >= 4 is 29.0 Å². The molecule has 7 heteroatoms. The maximum atomic E-state index is 11.3. The number of carbonyl (C=O) groups excluding carboxylic acids is 1. The molecule has 0 atom stereocenters. The minimum Gasteiger partial charge on any atom is -0.462 e. The highest BCUT2D eigenvalue weighted by molar-refractivity contribution is 9.10. The van der Waals surface area contributed by atoms with E-state index in [0.717, 1.165) is 5.69 Å². The first-order valence-corrected chi connectivity index (χ1v) is 5.83. The molecule has 1 rings (SSSR count). The van der Waals surface area contributed by atoms with Crippen LogP contribution in [-0.2, 0) is 4.74 Å². The first kappa shape index (κ1) is 16.1. The number of pyridine rings is 1. The van der Waals surface area contributed by atoms with E-state index >= 15 is 0 Å². The molecule has 0 spiro atoms. The second-order valence-electron chi connectivity index (χ2n) is 3.16. The molecule has 0 bridgehead atoms. The van der Waals surface area contributed by atoms with E-state index in [2.05, 4.69) is 20.9 Å². The Morgan fingerprint density at radius 3 is 2.59 bits per heavy atom. The highest BCUT2D eigenvalue weighted by atomic mass is 79.9. The molecule has 0 radical (unpaired) electrons. The van der Waals surface area contributed by atoms with Crippen molar-refractivity contribution in [2.24, 2.45) is 0 Å². The van der Waals surface area contributed by atoms with E-state index < -0.39 is 7.12 Å². The van der Waals surface area contributed by atoms with Gasteiger partial charge in [0.25, 0.3) is 0 Å². The first-order valence-electron chi connectivity index (χ1n) is 5.03. The smallest absolute Gasteiger partial charge is 0.448 e. The Bertz CT molecular complexity index is 371. The summed E-state index contributed by atoms with van der Waals surface area (Å²) >= 11 is 3.24. The molecule has 17 heavy (non-hydrogen) atoms. The molecule has 0 unspecified atom stereocenters. The van der Waals surface area contributed by atoms with Gasteiger partial charge in [-0.15, -0.1) is 0 Å². The molecule has 0 saturated heterocycles. The molecule has 2 N–H and O–H groups in total. The Labute approximate surface area is 109 Å². The number of aromatic nitrogens is 1. The van der Waals surface area contributed by atoms with Crippen LogP contribution in [0.2, 0.25) is 6.82 Å². The van der Waals surface area contributed by atoms with Crippen molar-refractivity contribution in [3.05, 3.63) is 28.0 Å². The normalized spacial score (nSPS) is 9.06. The number of hydrogen-bond donors (Lipinski definition) is 2. The summed E-state index contributed by atoms with van der Waals surface area (Å²) in [4.78, 5) is 15.4. The van der Waals surface area contributed by atoms with Gasteiger partial charge in [0.05, 0.1) is 16.6 Å². The molecular weight excluding hydrogens is 289 g/mol. The number of ether oxygens (including phenoxy) is 1. The average Bonchev–Trinajstić information content (AvgIpc) is 2.21. The summed E-state index contributed by atoms with van der Waals surface area (Å²) in [5, 5.41) is 15.2. The largest absolute Gasteiger partial charge is 0.462 e. The Hall–Kier alpha value is -0.915. The molecule has 94 valence electrons. The quantitative estimate of drug-likeness (QED) is 0.638. The third-order valence-corrected chi connectivity index (χ3v) is 2.12. The number of esters is 1. The summed E-state index contributed by atoms with van der Waals surface area (Å²) in [6, 6.07) is 1.70. The predicted octanol–water partition coefficient (Wildman–Crippen LogP) is 1.42. The van der Waals surface area contributed by atoms with Gasteiger partial charge in [0.15, 0.2) is 0 Å². The standard InChI is InChI=1S/C9H10BrNO2.CH5BO2/c1-3-13-9(12)7-4-6(2)11-5-8(7)10;1-2(3)4/h4-5H,3H2,1-2H3;3-4H,1H3. The second kappa shape index (κ2) is 8.22. The fraction of sp³-hybridized carbons (Fsp3) is 0.400.